The van der Waals surface area contributed by atoms with Gasteiger partial charge in [0.2, 0.25) is 0 Å². The summed E-state index contributed by atoms with van der Waals surface area (Å²) >= 11 is 1.64. The van der Waals surface area contributed by atoms with Gasteiger partial charge in [-0.3, -0.25) is 4.40 Å². The van der Waals surface area contributed by atoms with Crippen molar-refractivity contribution < 1.29 is 9.53 Å². The molecule has 0 aliphatic heterocycles. The first-order valence-electron chi connectivity index (χ1n) is 6.28. The minimum absolute atomic E-state index is 0.285. The lowest BCUT2D eigenvalue weighted by Crippen LogP contribution is -1.99. The van der Waals surface area contributed by atoms with Crippen molar-refractivity contribution in [2.45, 2.75) is 0 Å². The molecule has 4 rings (SSSR count). The molecule has 0 unspecified atom stereocenters. The summed E-state index contributed by atoms with van der Waals surface area (Å²) in [5, 5.41) is 2.00. The van der Waals surface area contributed by atoms with Crippen LogP contribution in [-0.4, -0.2) is 17.5 Å². The molecule has 0 saturated heterocycles. The summed E-state index contributed by atoms with van der Waals surface area (Å²) in [7, 11) is 1.42. The summed E-state index contributed by atoms with van der Waals surface area (Å²) < 4.78 is 6.99. The van der Waals surface area contributed by atoms with E-state index in [0.29, 0.717) is 5.56 Å². The zero-order valence-electron chi connectivity index (χ0n) is 10.8. The van der Waals surface area contributed by atoms with Gasteiger partial charge >= 0.3 is 5.97 Å². The largest absolute Gasteiger partial charge is 0.465 e. The van der Waals surface area contributed by atoms with Gasteiger partial charge in [0.15, 0.2) is 0 Å². The number of carbonyl (C=O) groups excluding carboxylic acids is 1. The second-order valence-corrected chi connectivity index (χ2v) is 5.54. The summed E-state index contributed by atoms with van der Waals surface area (Å²) in [4.78, 5) is 13.0. The van der Waals surface area contributed by atoms with E-state index < -0.39 is 0 Å². The van der Waals surface area contributed by atoms with E-state index in [-0.39, 0.29) is 5.97 Å². The standard InChI is InChI=1S/C16H11NO2S/c1-19-16(18)12-7-13-11(10-5-3-2-4-6-10)8-15-17(13)14(12)9-20-15/h2-9H,1H3. The SMILES string of the molecule is COC(=O)c1cc2c(-c3ccccc3)cc3scc1n32. The van der Waals surface area contributed by atoms with E-state index >= 15 is 0 Å². The number of hydrogen-bond donors (Lipinski definition) is 0. The quantitative estimate of drug-likeness (QED) is 0.519. The third-order valence-corrected chi connectivity index (χ3v) is 4.47. The zero-order chi connectivity index (χ0) is 13.7. The maximum Gasteiger partial charge on any atom is 0.340 e. The van der Waals surface area contributed by atoms with Crippen molar-refractivity contribution in [3.05, 3.63) is 53.4 Å². The molecule has 0 radical (unpaired) electrons. The normalized spacial score (nSPS) is 11.4. The first-order chi connectivity index (χ1) is 9.79. The van der Waals surface area contributed by atoms with Crippen LogP contribution in [0.15, 0.2) is 47.8 Å². The molecule has 0 saturated carbocycles. The van der Waals surface area contributed by atoms with E-state index in [1.54, 1.807) is 11.3 Å². The van der Waals surface area contributed by atoms with Gasteiger partial charge in [-0.25, -0.2) is 4.79 Å². The third kappa shape index (κ3) is 1.42. The van der Waals surface area contributed by atoms with E-state index in [2.05, 4.69) is 22.6 Å². The van der Waals surface area contributed by atoms with Crippen LogP contribution >= 0.6 is 11.3 Å². The topological polar surface area (TPSA) is 30.7 Å². The van der Waals surface area contributed by atoms with Crippen molar-refractivity contribution in [3.63, 3.8) is 0 Å². The number of rotatable bonds is 2. The van der Waals surface area contributed by atoms with Crippen LogP contribution in [0.5, 0.6) is 0 Å². The van der Waals surface area contributed by atoms with Crippen LogP contribution in [0.4, 0.5) is 0 Å². The van der Waals surface area contributed by atoms with E-state index in [9.17, 15) is 4.79 Å². The molecule has 4 heteroatoms. The van der Waals surface area contributed by atoms with Crippen LogP contribution in [0.1, 0.15) is 10.4 Å². The van der Waals surface area contributed by atoms with Crippen molar-refractivity contribution in [2.75, 3.05) is 7.11 Å². The molecule has 0 atom stereocenters. The predicted molar refractivity (Wildman–Crippen MR) is 80.7 cm³/mol. The molecule has 0 aliphatic carbocycles. The smallest absolute Gasteiger partial charge is 0.340 e. The Kier molecular flexibility index (Phi) is 2.35. The molecule has 3 heterocycles. The van der Waals surface area contributed by atoms with Crippen LogP contribution in [0.3, 0.4) is 0 Å². The highest BCUT2D eigenvalue weighted by molar-refractivity contribution is 7.16. The Morgan fingerprint density at radius 2 is 1.95 bits per heavy atom. The molecule has 0 amide bonds. The number of methoxy groups -OCH3 is 1. The molecule has 3 aromatic heterocycles. The van der Waals surface area contributed by atoms with Gasteiger partial charge in [-0.05, 0) is 17.7 Å². The molecule has 0 fully saturated rings. The number of benzene rings is 1. The average Bonchev–Trinajstić information content (AvgIpc) is 3.15. The number of nitrogens with zero attached hydrogens (tertiary/aromatic N) is 1. The Morgan fingerprint density at radius 1 is 1.15 bits per heavy atom. The number of esters is 1. The Hall–Kier alpha value is -2.33. The zero-order valence-corrected chi connectivity index (χ0v) is 11.6. The van der Waals surface area contributed by atoms with Crippen LogP contribution in [0, 0.1) is 0 Å². The fraction of sp³-hybridized carbons (Fsp3) is 0.0625. The number of carbonyl (C=O) groups is 1. The maximum atomic E-state index is 11.9. The average molecular weight is 281 g/mol. The third-order valence-electron chi connectivity index (χ3n) is 3.58. The van der Waals surface area contributed by atoms with Gasteiger partial charge in [0.1, 0.15) is 4.83 Å². The molecular weight excluding hydrogens is 270 g/mol. The molecule has 0 spiro atoms. The highest BCUT2D eigenvalue weighted by Crippen LogP contribution is 2.37. The summed E-state index contributed by atoms with van der Waals surface area (Å²) in [6.07, 6.45) is 0. The van der Waals surface area contributed by atoms with E-state index in [1.807, 2.05) is 29.6 Å². The van der Waals surface area contributed by atoms with Crippen LogP contribution in [0.25, 0.3) is 27.0 Å². The van der Waals surface area contributed by atoms with Gasteiger partial charge < -0.3 is 4.74 Å². The van der Waals surface area contributed by atoms with Crippen LogP contribution in [-0.2, 0) is 4.74 Å². The molecule has 20 heavy (non-hydrogen) atoms. The minimum atomic E-state index is -0.285. The van der Waals surface area contributed by atoms with Gasteiger partial charge in [-0.2, -0.15) is 0 Å². The van der Waals surface area contributed by atoms with Crippen molar-refractivity contribution in [3.8, 4) is 11.1 Å². The monoisotopic (exact) mass is 281 g/mol. The van der Waals surface area contributed by atoms with Crippen molar-refractivity contribution in [1.82, 2.24) is 4.40 Å². The lowest BCUT2D eigenvalue weighted by atomic mass is 10.1. The van der Waals surface area contributed by atoms with Gasteiger partial charge in [0.05, 0.1) is 23.7 Å². The lowest BCUT2D eigenvalue weighted by Gasteiger charge is -1.96. The fourth-order valence-corrected chi connectivity index (χ4v) is 3.62. The molecule has 4 aromatic rings. The first kappa shape index (κ1) is 11.5. The lowest BCUT2D eigenvalue weighted by molar-refractivity contribution is 0.0603. The number of hydrogen-bond acceptors (Lipinski definition) is 3. The predicted octanol–water partition coefficient (Wildman–Crippen LogP) is 4.05. The van der Waals surface area contributed by atoms with Crippen LogP contribution < -0.4 is 0 Å². The molecule has 3 nitrogen and oxygen atoms in total. The van der Waals surface area contributed by atoms with E-state index in [1.165, 1.54) is 7.11 Å². The summed E-state index contributed by atoms with van der Waals surface area (Å²) in [6.45, 7) is 0. The Morgan fingerprint density at radius 3 is 2.70 bits per heavy atom. The van der Waals surface area contributed by atoms with Crippen LogP contribution in [0.2, 0.25) is 0 Å². The maximum absolute atomic E-state index is 11.9. The van der Waals surface area contributed by atoms with Crippen molar-refractivity contribution >= 4 is 33.2 Å². The summed E-state index contributed by atoms with van der Waals surface area (Å²) in [5.74, 6) is -0.285. The van der Waals surface area contributed by atoms with Crippen molar-refractivity contribution in [1.29, 1.82) is 0 Å². The van der Waals surface area contributed by atoms with E-state index in [4.69, 9.17) is 4.74 Å². The Bertz CT molecular complexity index is 905. The molecule has 0 bridgehead atoms. The van der Waals surface area contributed by atoms with Gasteiger partial charge in [-0.1, -0.05) is 30.3 Å². The number of aromatic nitrogens is 1. The second-order valence-electron chi connectivity index (χ2n) is 4.65. The minimum Gasteiger partial charge on any atom is -0.465 e. The van der Waals surface area contributed by atoms with Crippen molar-refractivity contribution in [2.24, 2.45) is 0 Å². The first-order valence-corrected chi connectivity index (χ1v) is 7.16. The second kappa shape index (κ2) is 4.08. The molecule has 1 aromatic carbocycles. The Balaban J connectivity index is 2.05. The summed E-state index contributed by atoms with van der Waals surface area (Å²) in [5.41, 5.74) is 4.92. The molecule has 0 N–H and O–H groups in total. The van der Waals surface area contributed by atoms with Gasteiger partial charge in [-0.15, -0.1) is 11.3 Å². The Labute approximate surface area is 119 Å². The van der Waals surface area contributed by atoms with Gasteiger partial charge in [0, 0.05) is 10.9 Å². The highest BCUT2D eigenvalue weighted by Gasteiger charge is 2.20. The summed E-state index contributed by atoms with van der Waals surface area (Å²) in [6, 6.07) is 14.3. The number of thiazole rings is 1. The highest BCUT2D eigenvalue weighted by atomic mass is 32.1. The van der Waals surface area contributed by atoms with E-state index in [0.717, 1.165) is 27.0 Å². The molecule has 0 aliphatic rings. The molecular formula is C16H11NO2S. The van der Waals surface area contributed by atoms with Gasteiger partial charge in [0.25, 0.3) is 0 Å². The molecule has 98 valence electrons. The fourth-order valence-electron chi connectivity index (χ4n) is 2.66. The number of ether oxygens (including phenoxy) is 1.